The van der Waals surface area contributed by atoms with Crippen molar-refractivity contribution in [1.82, 2.24) is 14.9 Å². The van der Waals surface area contributed by atoms with Crippen molar-refractivity contribution in [1.29, 1.82) is 0 Å². The average Bonchev–Trinajstić information content (AvgIpc) is 2.47. The number of methoxy groups -OCH3 is 1. The van der Waals surface area contributed by atoms with E-state index in [1.807, 2.05) is 25.1 Å². The Balaban J connectivity index is 2.12. The summed E-state index contributed by atoms with van der Waals surface area (Å²) < 4.78 is 6.52. The lowest BCUT2D eigenvalue weighted by Crippen LogP contribution is -2.36. The van der Waals surface area contributed by atoms with Crippen LogP contribution in [0.5, 0.6) is 0 Å². The van der Waals surface area contributed by atoms with Crippen LogP contribution in [-0.4, -0.2) is 35.2 Å². The zero-order valence-corrected chi connectivity index (χ0v) is 13.1. The normalized spacial score (nSPS) is 12.3. The molecular weight excluding hydrogens is 282 g/mol. The number of carbonyl (C=O) groups is 1. The van der Waals surface area contributed by atoms with Crippen LogP contribution >= 0.6 is 0 Å². The fourth-order valence-corrected chi connectivity index (χ4v) is 2.39. The molecule has 6 heteroatoms. The van der Waals surface area contributed by atoms with Crippen LogP contribution in [-0.2, 0) is 16.1 Å². The molecule has 0 aliphatic rings. The van der Waals surface area contributed by atoms with Crippen LogP contribution in [0, 0.1) is 6.92 Å². The summed E-state index contributed by atoms with van der Waals surface area (Å²) in [5.41, 5.74) is 0.570. The highest BCUT2D eigenvalue weighted by atomic mass is 16.5. The number of carbonyl (C=O) groups excluding carboxylic acids is 1. The van der Waals surface area contributed by atoms with Crippen LogP contribution in [0.15, 0.2) is 29.1 Å². The first-order valence-electron chi connectivity index (χ1n) is 7.27. The number of ether oxygens (including phenoxy) is 1. The highest BCUT2D eigenvalue weighted by Crippen LogP contribution is 2.07. The van der Waals surface area contributed by atoms with Gasteiger partial charge < -0.3 is 10.1 Å². The van der Waals surface area contributed by atoms with E-state index in [4.69, 9.17) is 4.74 Å². The van der Waals surface area contributed by atoms with Gasteiger partial charge in [0.1, 0.15) is 5.82 Å². The van der Waals surface area contributed by atoms with Crippen molar-refractivity contribution >= 4 is 16.8 Å². The van der Waals surface area contributed by atoms with Gasteiger partial charge in [-0.1, -0.05) is 12.1 Å². The predicted octanol–water partition coefficient (Wildman–Crippen LogP) is 1.25. The SMILES string of the molecule is COCC(C)NC(=O)CCn1c(C)nc2ccccc2c1=O. The van der Waals surface area contributed by atoms with Gasteiger partial charge in [-0.15, -0.1) is 0 Å². The highest BCUT2D eigenvalue weighted by Gasteiger charge is 2.11. The van der Waals surface area contributed by atoms with E-state index in [9.17, 15) is 9.59 Å². The summed E-state index contributed by atoms with van der Waals surface area (Å²) in [7, 11) is 1.59. The Kier molecular flexibility index (Phi) is 5.27. The molecule has 1 amide bonds. The molecule has 1 atom stereocenters. The van der Waals surface area contributed by atoms with Crippen molar-refractivity contribution in [2.75, 3.05) is 13.7 Å². The fourth-order valence-electron chi connectivity index (χ4n) is 2.39. The van der Waals surface area contributed by atoms with E-state index < -0.39 is 0 Å². The summed E-state index contributed by atoms with van der Waals surface area (Å²) in [6.45, 7) is 4.42. The lowest BCUT2D eigenvalue weighted by Gasteiger charge is -2.14. The zero-order valence-electron chi connectivity index (χ0n) is 13.1. The average molecular weight is 303 g/mol. The topological polar surface area (TPSA) is 73.2 Å². The predicted molar refractivity (Wildman–Crippen MR) is 84.8 cm³/mol. The second-order valence-electron chi connectivity index (χ2n) is 5.31. The number of nitrogens with one attached hydrogen (secondary N) is 1. The standard InChI is InChI=1S/C16H21N3O3/c1-11(10-22-3)17-15(20)8-9-19-12(2)18-14-7-5-4-6-13(14)16(19)21/h4-7,11H,8-10H2,1-3H3,(H,17,20). The van der Waals surface area contributed by atoms with Gasteiger partial charge in [0, 0.05) is 26.1 Å². The van der Waals surface area contributed by atoms with Crippen LogP contribution in [0.1, 0.15) is 19.2 Å². The first-order valence-corrected chi connectivity index (χ1v) is 7.27. The Hall–Kier alpha value is -2.21. The molecule has 1 aromatic carbocycles. The quantitative estimate of drug-likeness (QED) is 0.871. The molecule has 0 aliphatic heterocycles. The molecule has 0 radical (unpaired) electrons. The largest absolute Gasteiger partial charge is 0.383 e. The van der Waals surface area contributed by atoms with Crippen LogP contribution in [0.3, 0.4) is 0 Å². The minimum Gasteiger partial charge on any atom is -0.383 e. The number of fused-ring (bicyclic) bond motifs is 1. The molecule has 0 saturated heterocycles. The van der Waals surface area contributed by atoms with Crippen LogP contribution < -0.4 is 10.9 Å². The highest BCUT2D eigenvalue weighted by molar-refractivity contribution is 5.78. The number of para-hydroxylation sites is 1. The molecular formula is C16H21N3O3. The Labute approximate surface area is 129 Å². The second-order valence-corrected chi connectivity index (χ2v) is 5.31. The van der Waals surface area contributed by atoms with Crippen molar-refractivity contribution in [3.05, 3.63) is 40.4 Å². The second kappa shape index (κ2) is 7.17. The minimum atomic E-state index is -0.110. The molecule has 0 aliphatic carbocycles. The van der Waals surface area contributed by atoms with E-state index >= 15 is 0 Å². The van der Waals surface area contributed by atoms with Crippen molar-refractivity contribution in [2.45, 2.75) is 32.9 Å². The van der Waals surface area contributed by atoms with E-state index in [0.29, 0.717) is 29.9 Å². The number of hydrogen-bond donors (Lipinski definition) is 1. The molecule has 0 spiro atoms. The molecule has 2 rings (SSSR count). The number of benzene rings is 1. The van der Waals surface area contributed by atoms with E-state index in [1.54, 1.807) is 24.7 Å². The van der Waals surface area contributed by atoms with Gasteiger partial charge in [0.2, 0.25) is 5.91 Å². The molecule has 1 N–H and O–H groups in total. The van der Waals surface area contributed by atoms with Crippen molar-refractivity contribution in [3.8, 4) is 0 Å². The molecule has 6 nitrogen and oxygen atoms in total. The molecule has 22 heavy (non-hydrogen) atoms. The number of aryl methyl sites for hydroxylation is 1. The monoisotopic (exact) mass is 303 g/mol. The van der Waals surface area contributed by atoms with Crippen LogP contribution in [0.2, 0.25) is 0 Å². The maximum atomic E-state index is 12.5. The molecule has 1 aromatic heterocycles. The van der Waals surface area contributed by atoms with Gasteiger partial charge in [-0.3, -0.25) is 14.2 Å². The number of hydrogen-bond acceptors (Lipinski definition) is 4. The molecule has 0 saturated carbocycles. The Morgan fingerprint density at radius 2 is 2.14 bits per heavy atom. The maximum absolute atomic E-state index is 12.5. The third kappa shape index (κ3) is 3.71. The van der Waals surface area contributed by atoms with Crippen molar-refractivity contribution < 1.29 is 9.53 Å². The first kappa shape index (κ1) is 16.2. The van der Waals surface area contributed by atoms with Crippen molar-refractivity contribution in [3.63, 3.8) is 0 Å². The third-order valence-electron chi connectivity index (χ3n) is 3.44. The van der Waals surface area contributed by atoms with Gasteiger partial charge in [0.15, 0.2) is 0 Å². The number of aromatic nitrogens is 2. The lowest BCUT2D eigenvalue weighted by molar-refractivity contribution is -0.122. The van der Waals surface area contributed by atoms with Crippen LogP contribution in [0.4, 0.5) is 0 Å². The summed E-state index contributed by atoms with van der Waals surface area (Å²) in [5, 5.41) is 3.40. The number of amides is 1. The summed E-state index contributed by atoms with van der Waals surface area (Å²) in [6, 6.07) is 7.17. The minimum absolute atomic E-state index is 0.0509. The van der Waals surface area contributed by atoms with E-state index in [-0.39, 0.29) is 23.9 Å². The Morgan fingerprint density at radius 1 is 1.41 bits per heavy atom. The molecule has 1 heterocycles. The Bertz CT molecular complexity index is 724. The maximum Gasteiger partial charge on any atom is 0.261 e. The first-order chi connectivity index (χ1) is 10.5. The summed E-state index contributed by atoms with van der Waals surface area (Å²) in [4.78, 5) is 28.8. The number of nitrogens with zero attached hydrogens (tertiary/aromatic N) is 2. The smallest absolute Gasteiger partial charge is 0.261 e. The van der Waals surface area contributed by atoms with E-state index in [1.165, 1.54) is 0 Å². The fraction of sp³-hybridized carbons (Fsp3) is 0.438. The zero-order chi connectivity index (χ0) is 16.1. The van der Waals surface area contributed by atoms with Gasteiger partial charge in [-0.05, 0) is 26.0 Å². The summed E-state index contributed by atoms with van der Waals surface area (Å²) in [5.74, 6) is 0.505. The third-order valence-corrected chi connectivity index (χ3v) is 3.44. The van der Waals surface area contributed by atoms with E-state index in [2.05, 4.69) is 10.3 Å². The lowest BCUT2D eigenvalue weighted by atomic mass is 10.2. The number of rotatable bonds is 6. The van der Waals surface area contributed by atoms with Gasteiger partial charge in [0.05, 0.1) is 17.5 Å². The summed E-state index contributed by atoms with van der Waals surface area (Å²) in [6.07, 6.45) is 0.231. The van der Waals surface area contributed by atoms with E-state index in [0.717, 1.165) is 0 Å². The molecule has 0 bridgehead atoms. The van der Waals surface area contributed by atoms with Crippen LogP contribution in [0.25, 0.3) is 10.9 Å². The molecule has 0 fully saturated rings. The molecule has 118 valence electrons. The van der Waals surface area contributed by atoms with Gasteiger partial charge in [-0.2, -0.15) is 0 Å². The van der Waals surface area contributed by atoms with Gasteiger partial charge >= 0.3 is 0 Å². The van der Waals surface area contributed by atoms with Crippen molar-refractivity contribution in [2.24, 2.45) is 0 Å². The van der Waals surface area contributed by atoms with Gasteiger partial charge in [-0.25, -0.2) is 4.98 Å². The molecule has 1 unspecified atom stereocenters. The summed E-state index contributed by atoms with van der Waals surface area (Å²) >= 11 is 0. The molecule has 2 aromatic rings. The Morgan fingerprint density at radius 3 is 2.86 bits per heavy atom. The van der Waals surface area contributed by atoms with Gasteiger partial charge in [0.25, 0.3) is 5.56 Å².